The van der Waals surface area contributed by atoms with Crippen LogP contribution in [-0.4, -0.2) is 47.5 Å². The van der Waals surface area contributed by atoms with Gasteiger partial charge < -0.3 is 5.73 Å². The van der Waals surface area contributed by atoms with E-state index in [0.717, 1.165) is 11.3 Å². The van der Waals surface area contributed by atoms with Crippen molar-refractivity contribution in [3.05, 3.63) is 78.5 Å². The zero-order valence-electron chi connectivity index (χ0n) is 16.0. The van der Waals surface area contributed by atoms with Gasteiger partial charge in [0.05, 0.1) is 17.6 Å². The summed E-state index contributed by atoms with van der Waals surface area (Å²) in [7, 11) is -4.46. The third-order valence-electron chi connectivity index (χ3n) is 4.67. The van der Waals surface area contributed by atoms with Crippen molar-refractivity contribution in [2.75, 3.05) is 5.73 Å². The second kappa shape index (κ2) is 9.25. The van der Waals surface area contributed by atoms with Crippen molar-refractivity contribution >= 4 is 67.5 Å². The molecule has 4 aromatic rings. The zero-order valence-corrected chi connectivity index (χ0v) is 16.8. The molecular formula is C22H19N4NaO3S. The van der Waals surface area contributed by atoms with Gasteiger partial charge in [-0.3, -0.25) is 9.54 Å². The Morgan fingerprint density at radius 1 is 0.935 bits per heavy atom. The van der Waals surface area contributed by atoms with Crippen molar-refractivity contribution in [3.63, 3.8) is 0 Å². The molecule has 0 radical (unpaired) electrons. The number of anilines is 1. The van der Waals surface area contributed by atoms with Crippen LogP contribution in [0.4, 0.5) is 17.1 Å². The average Bonchev–Trinajstić information content (AvgIpc) is 2.73. The summed E-state index contributed by atoms with van der Waals surface area (Å²) < 4.78 is 33.2. The van der Waals surface area contributed by atoms with E-state index in [2.05, 4.69) is 15.2 Å². The monoisotopic (exact) mass is 442 g/mol. The van der Waals surface area contributed by atoms with Gasteiger partial charge in [0, 0.05) is 16.3 Å². The number of aryl methyl sites for hydroxylation is 1. The number of aromatic nitrogens is 1. The summed E-state index contributed by atoms with van der Waals surface area (Å²) in [4.78, 5) is 4.13. The molecular weight excluding hydrogens is 423 g/mol. The molecule has 1 aromatic heterocycles. The summed E-state index contributed by atoms with van der Waals surface area (Å²) in [5.74, 6) is 0. The van der Waals surface area contributed by atoms with E-state index in [1.807, 2.05) is 37.3 Å². The van der Waals surface area contributed by atoms with Crippen LogP contribution in [0.15, 0.2) is 88.1 Å². The van der Waals surface area contributed by atoms with Crippen molar-refractivity contribution in [2.45, 2.75) is 11.8 Å². The van der Waals surface area contributed by atoms with Gasteiger partial charge in [0.25, 0.3) is 10.1 Å². The molecule has 31 heavy (non-hydrogen) atoms. The predicted molar refractivity (Wildman–Crippen MR) is 124 cm³/mol. The van der Waals surface area contributed by atoms with Crippen LogP contribution in [0.1, 0.15) is 5.56 Å². The van der Waals surface area contributed by atoms with Crippen molar-refractivity contribution < 1.29 is 13.0 Å². The van der Waals surface area contributed by atoms with Crippen molar-refractivity contribution in [1.82, 2.24) is 4.98 Å². The maximum atomic E-state index is 11.8. The number of rotatable bonds is 4. The molecule has 152 valence electrons. The summed E-state index contributed by atoms with van der Waals surface area (Å²) in [6, 6.07) is 19.4. The van der Waals surface area contributed by atoms with Crippen LogP contribution < -0.4 is 5.73 Å². The van der Waals surface area contributed by atoms with Crippen LogP contribution in [0.2, 0.25) is 0 Å². The average molecular weight is 442 g/mol. The number of benzene rings is 3. The van der Waals surface area contributed by atoms with Crippen molar-refractivity contribution in [1.29, 1.82) is 0 Å². The van der Waals surface area contributed by atoms with Gasteiger partial charge in [-0.1, -0.05) is 54.1 Å². The molecule has 3 N–H and O–H groups in total. The molecule has 3 aromatic carbocycles. The SMILES string of the molecule is Cc1ccc(-c2ccc(N=Nc3cc(S(=O)(=O)O)c4ccccc4c3N)cn2)cc1.[NaH]. The number of azo groups is 1. The molecule has 4 rings (SSSR count). The first-order valence-corrected chi connectivity index (χ1v) is 10.5. The van der Waals surface area contributed by atoms with E-state index >= 15 is 0 Å². The Morgan fingerprint density at radius 3 is 2.23 bits per heavy atom. The number of hydrogen-bond acceptors (Lipinski definition) is 6. The summed E-state index contributed by atoms with van der Waals surface area (Å²) in [6.07, 6.45) is 1.57. The summed E-state index contributed by atoms with van der Waals surface area (Å²) in [6.45, 7) is 2.02. The van der Waals surface area contributed by atoms with E-state index in [0.29, 0.717) is 16.5 Å². The molecule has 7 nitrogen and oxygen atoms in total. The first-order chi connectivity index (χ1) is 14.3. The van der Waals surface area contributed by atoms with E-state index in [1.54, 1.807) is 36.5 Å². The molecule has 1 heterocycles. The zero-order chi connectivity index (χ0) is 21.3. The summed E-state index contributed by atoms with van der Waals surface area (Å²) in [5.41, 5.74) is 10.0. The number of fused-ring (bicyclic) bond motifs is 1. The van der Waals surface area contributed by atoms with Gasteiger partial charge in [-0.2, -0.15) is 8.42 Å². The first kappa shape index (κ1) is 23.1. The topological polar surface area (TPSA) is 118 Å². The quantitative estimate of drug-likeness (QED) is 0.204. The Labute approximate surface area is 202 Å². The Balaban J connectivity index is 0.00000272. The van der Waals surface area contributed by atoms with E-state index in [4.69, 9.17) is 5.73 Å². The van der Waals surface area contributed by atoms with Crippen molar-refractivity contribution in [3.8, 4) is 11.3 Å². The van der Waals surface area contributed by atoms with Gasteiger partial charge in [-0.05, 0) is 25.1 Å². The van der Waals surface area contributed by atoms with Gasteiger partial charge in [0.1, 0.15) is 16.3 Å². The van der Waals surface area contributed by atoms with Gasteiger partial charge in [0.15, 0.2) is 0 Å². The van der Waals surface area contributed by atoms with E-state index < -0.39 is 10.1 Å². The van der Waals surface area contributed by atoms with Crippen LogP contribution in [0.25, 0.3) is 22.0 Å². The molecule has 0 amide bonds. The van der Waals surface area contributed by atoms with E-state index in [1.165, 1.54) is 11.6 Å². The standard InChI is InChI=1S/C22H18N4O3S.Na.H/c1-14-6-8-15(9-7-14)19-11-10-16(13-24-19)25-26-20-12-21(30(27,28)29)17-4-2-3-5-18(17)22(20)23;;/h2-13H,23H2,1H3,(H,27,28,29);;. The molecule has 0 spiro atoms. The molecule has 0 saturated heterocycles. The fraction of sp³-hybridized carbons (Fsp3) is 0.0455. The van der Waals surface area contributed by atoms with E-state index in [9.17, 15) is 13.0 Å². The first-order valence-electron chi connectivity index (χ1n) is 9.06. The number of nitrogens with two attached hydrogens (primary N) is 1. The molecule has 0 aliphatic rings. The summed E-state index contributed by atoms with van der Waals surface area (Å²) in [5, 5.41) is 9.01. The molecule has 0 aliphatic carbocycles. The number of nitrogens with zero attached hydrogens (tertiary/aromatic N) is 3. The molecule has 0 aliphatic heterocycles. The fourth-order valence-electron chi connectivity index (χ4n) is 3.10. The Bertz CT molecular complexity index is 1370. The van der Waals surface area contributed by atoms with Gasteiger partial charge in [0.2, 0.25) is 0 Å². The third-order valence-corrected chi connectivity index (χ3v) is 5.57. The van der Waals surface area contributed by atoms with Crippen LogP contribution in [0.5, 0.6) is 0 Å². The number of pyridine rings is 1. The number of nitrogen functional groups attached to an aromatic ring is 1. The van der Waals surface area contributed by atoms with Gasteiger partial charge in [-0.15, -0.1) is 10.2 Å². The van der Waals surface area contributed by atoms with Crippen molar-refractivity contribution in [2.24, 2.45) is 10.2 Å². The molecule has 0 fully saturated rings. The van der Waals surface area contributed by atoms with Crippen LogP contribution >= 0.6 is 0 Å². The van der Waals surface area contributed by atoms with E-state index in [-0.39, 0.29) is 45.8 Å². The second-order valence-electron chi connectivity index (χ2n) is 6.80. The minimum absolute atomic E-state index is 0. The normalized spacial score (nSPS) is 11.5. The van der Waals surface area contributed by atoms with Crippen LogP contribution in [0, 0.1) is 6.92 Å². The Hall–Kier alpha value is -2.62. The second-order valence-corrected chi connectivity index (χ2v) is 8.19. The molecule has 0 unspecified atom stereocenters. The minimum atomic E-state index is -4.46. The maximum absolute atomic E-state index is 11.8. The van der Waals surface area contributed by atoms with Crippen LogP contribution in [-0.2, 0) is 10.1 Å². The van der Waals surface area contributed by atoms with Gasteiger partial charge >= 0.3 is 29.6 Å². The molecule has 0 bridgehead atoms. The summed E-state index contributed by atoms with van der Waals surface area (Å²) >= 11 is 0. The third kappa shape index (κ3) is 5.00. The fourth-order valence-corrected chi connectivity index (χ4v) is 3.82. The van der Waals surface area contributed by atoms with Crippen LogP contribution in [0.3, 0.4) is 0 Å². The molecule has 9 heteroatoms. The predicted octanol–water partition coefficient (Wildman–Crippen LogP) is 4.81. The molecule has 0 saturated carbocycles. The van der Waals surface area contributed by atoms with Gasteiger partial charge in [-0.25, -0.2) is 0 Å². The Morgan fingerprint density at radius 2 is 1.61 bits per heavy atom. The Kier molecular flexibility index (Phi) is 6.88. The molecule has 0 atom stereocenters. The number of hydrogen-bond donors (Lipinski definition) is 2.